The van der Waals surface area contributed by atoms with Crippen LogP contribution in [-0.4, -0.2) is 30.1 Å². The Labute approximate surface area is 208 Å². The first-order valence-corrected chi connectivity index (χ1v) is 11.8. The number of nitrogen functional groups attached to an aromatic ring is 1. The van der Waals surface area contributed by atoms with E-state index in [-0.39, 0.29) is 12.5 Å². The molecule has 3 heterocycles. The Hall–Kier alpha value is -4.59. The Morgan fingerprint density at radius 2 is 1.86 bits per heavy atom. The Morgan fingerprint density at radius 3 is 2.72 bits per heavy atom. The summed E-state index contributed by atoms with van der Waals surface area (Å²) in [7, 11) is 0. The van der Waals surface area contributed by atoms with Gasteiger partial charge in [0.1, 0.15) is 5.82 Å². The second-order valence-electron chi connectivity index (χ2n) is 8.74. The van der Waals surface area contributed by atoms with Crippen LogP contribution in [0.15, 0.2) is 79.0 Å². The molecule has 4 bridgehead atoms. The molecule has 0 spiro atoms. The fourth-order valence-corrected chi connectivity index (χ4v) is 4.30. The van der Waals surface area contributed by atoms with Gasteiger partial charge in [-0.1, -0.05) is 36.4 Å². The number of hydrogen-bond donors (Lipinski definition) is 4. The van der Waals surface area contributed by atoms with Gasteiger partial charge in [0, 0.05) is 42.5 Å². The van der Waals surface area contributed by atoms with Crippen LogP contribution in [0, 0.1) is 0 Å². The number of ether oxygens (including phenoxy) is 1. The first kappa shape index (κ1) is 23.2. The number of carbonyl (C=O) groups is 2. The summed E-state index contributed by atoms with van der Waals surface area (Å²) < 4.78 is 5.32. The summed E-state index contributed by atoms with van der Waals surface area (Å²) in [4.78, 5) is 29.6. The van der Waals surface area contributed by atoms with Gasteiger partial charge in [-0.15, -0.1) is 0 Å². The topological polar surface area (TPSA) is 118 Å². The molecule has 6 rings (SSSR count). The Balaban J connectivity index is 1.39. The zero-order valence-corrected chi connectivity index (χ0v) is 19.7. The van der Waals surface area contributed by atoms with Crippen LogP contribution in [0.1, 0.15) is 22.6 Å². The molecule has 2 aliphatic heterocycles. The smallest absolute Gasteiger partial charge is 0.411 e. The van der Waals surface area contributed by atoms with Crippen LogP contribution in [0.5, 0.6) is 0 Å². The Bertz CT molecular complexity index is 1400. The van der Waals surface area contributed by atoms with Gasteiger partial charge in [-0.05, 0) is 58.5 Å². The highest BCUT2D eigenvalue weighted by Gasteiger charge is 2.21. The maximum absolute atomic E-state index is 13.4. The molecule has 0 radical (unpaired) electrons. The minimum absolute atomic E-state index is 0.0886. The van der Waals surface area contributed by atoms with E-state index in [0.717, 1.165) is 33.2 Å². The number of nitrogens with zero attached hydrogens (tertiary/aromatic N) is 1. The van der Waals surface area contributed by atoms with Crippen molar-refractivity contribution < 1.29 is 14.3 Å². The molecule has 1 aromatic heterocycles. The molecule has 8 nitrogen and oxygen atoms in total. The average molecular weight is 482 g/mol. The van der Waals surface area contributed by atoms with Crippen molar-refractivity contribution in [3.63, 3.8) is 0 Å². The standard InChI is InChI=1S/C28H27N5O3/c29-26-24-9-8-22(15-21(24)10-12-30-26)31-17-25-20-6-4-18(5-7-20)11-13-36-28(35)33-23-3-1-2-19(14-23)16-32-27(25)34/h1-10,12,14-15,25,31H,11,13,16-17H2,(H2,29,30)(H,32,34)(H,33,35)/t25-/m0/s1. The predicted octanol–water partition coefficient (Wildman–Crippen LogP) is 4.43. The van der Waals surface area contributed by atoms with E-state index in [0.29, 0.717) is 31.0 Å². The number of carbonyl (C=O) groups excluding carboxylic acids is 2. The lowest BCUT2D eigenvalue weighted by Gasteiger charge is -2.20. The van der Waals surface area contributed by atoms with Crippen LogP contribution in [0.3, 0.4) is 0 Å². The highest BCUT2D eigenvalue weighted by atomic mass is 16.5. The molecule has 0 fully saturated rings. The molecule has 5 N–H and O–H groups in total. The summed E-state index contributed by atoms with van der Waals surface area (Å²) in [5, 5.41) is 11.1. The van der Waals surface area contributed by atoms with E-state index < -0.39 is 12.0 Å². The van der Waals surface area contributed by atoms with Crippen molar-refractivity contribution in [2.45, 2.75) is 18.9 Å². The third-order valence-electron chi connectivity index (χ3n) is 6.27. The maximum Gasteiger partial charge on any atom is 0.411 e. The zero-order valence-electron chi connectivity index (χ0n) is 19.7. The van der Waals surface area contributed by atoms with Crippen molar-refractivity contribution in [2.75, 3.05) is 29.5 Å². The van der Waals surface area contributed by atoms with Crippen molar-refractivity contribution in [1.82, 2.24) is 10.3 Å². The molecule has 2 amide bonds. The molecular formula is C28H27N5O3. The number of rotatable bonds is 3. The van der Waals surface area contributed by atoms with E-state index in [4.69, 9.17) is 10.5 Å². The lowest BCUT2D eigenvalue weighted by atomic mass is 9.96. The summed E-state index contributed by atoms with van der Waals surface area (Å²) in [5.41, 5.74) is 10.3. The largest absolute Gasteiger partial charge is 0.449 e. The number of fused-ring (bicyclic) bond motifs is 10. The molecule has 36 heavy (non-hydrogen) atoms. The van der Waals surface area contributed by atoms with Gasteiger partial charge >= 0.3 is 6.09 Å². The number of benzene rings is 3. The summed E-state index contributed by atoms with van der Waals surface area (Å²) >= 11 is 0. The molecule has 1 atom stereocenters. The predicted molar refractivity (Wildman–Crippen MR) is 141 cm³/mol. The number of nitrogens with two attached hydrogens (primary N) is 1. The van der Waals surface area contributed by atoms with Gasteiger partial charge in [-0.25, -0.2) is 9.78 Å². The Kier molecular flexibility index (Phi) is 6.66. The van der Waals surface area contributed by atoms with Crippen molar-refractivity contribution >= 4 is 40.0 Å². The van der Waals surface area contributed by atoms with Gasteiger partial charge in [-0.3, -0.25) is 10.1 Å². The third-order valence-corrected chi connectivity index (χ3v) is 6.27. The molecule has 0 unspecified atom stereocenters. The molecule has 2 aliphatic rings. The van der Waals surface area contributed by atoms with Gasteiger partial charge in [0.2, 0.25) is 5.91 Å². The third kappa shape index (κ3) is 5.38. The number of nitrogens with one attached hydrogen (secondary N) is 3. The van der Waals surface area contributed by atoms with Gasteiger partial charge in [-0.2, -0.15) is 0 Å². The number of aromatic nitrogens is 1. The van der Waals surface area contributed by atoms with Crippen molar-refractivity contribution in [2.24, 2.45) is 0 Å². The minimum atomic E-state index is -0.501. The van der Waals surface area contributed by atoms with Crippen LogP contribution in [-0.2, 0) is 22.5 Å². The number of amides is 2. The summed E-state index contributed by atoms with van der Waals surface area (Å²) in [6, 6.07) is 23.0. The van der Waals surface area contributed by atoms with Crippen molar-refractivity contribution in [3.05, 3.63) is 95.7 Å². The summed E-state index contributed by atoms with van der Waals surface area (Å²) in [5.74, 6) is -0.0104. The second-order valence-corrected chi connectivity index (χ2v) is 8.74. The van der Waals surface area contributed by atoms with Crippen molar-refractivity contribution in [1.29, 1.82) is 0 Å². The van der Waals surface area contributed by atoms with Crippen LogP contribution in [0.2, 0.25) is 0 Å². The minimum Gasteiger partial charge on any atom is -0.449 e. The van der Waals surface area contributed by atoms with E-state index in [1.54, 1.807) is 12.3 Å². The summed E-state index contributed by atoms with van der Waals surface area (Å²) in [6.45, 7) is 1.01. The molecular weight excluding hydrogens is 454 g/mol. The Morgan fingerprint density at radius 1 is 1.00 bits per heavy atom. The number of hydrogen-bond acceptors (Lipinski definition) is 6. The molecule has 8 heteroatoms. The van der Waals surface area contributed by atoms with Gasteiger partial charge in [0.05, 0.1) is 12.5 Å². The van der Waals surface area contributed by atoms with Crippen LogP contribution >= 0.6 is 0 Å². The normalized spacial score (nSPS) is 16.2. The van der Waals surface area contributed by atoms with E-state index in [2.05, 4.69) is 20.9 Å². The fourth-order valence-electron chi connectivity index (χ4n) is 4.30. The molecule has 4 aromatic rings. The SMILES string of the molecule is Nc1nccc2cc(NC[C@@H]3C(=O)NCc4cccc(c4)NC(=O)OCCc4ccc3cc4)ccc12. The molecule has 3 aromatic carbocycles. The highest BCUT2D eigenvalue weighted by molar-refractivity contribution is 5.93. The lowest BCUT2D eigenvalue weighted by Crippen LogP contribution is -2.33. The number of anilines is 3. The average Bonchev–Trinajstić information content (AvgIpc) is 2.88. The fraction of sp³-hybridized carbons (Fsp3) is 0.179. The van der Waals surface area contributed by atoms with E-state index >= 15 is 0 Å². The first-order valence-electron chi connectivity index (χ1n) is 11.8. The van der Waals surface area contributed by atoms with Crippen molar-refractivity contribution in [3.8, 4) is 0 Å². The van der Waals surface area contributed by atoms with Crippen LogP contribution in [0.25, 0.3) is 10.8 Å². The monoisotopic (exact) mass is 481 g/mol. The molecule has 0 aliphatic carbocycles. The molecule has 182 valence electrons. The summed E-state index contributed by atoms with van der Waals surface area (Å²) in [6.07, 6.45) is 1.76. The van der Waals surface area contributed by atoms with Gasteiger partial charge in [0.15, 0.2) is 0 Å². The molecule has 0 saturated carbocycles. The highest BCUT2D eigenvalue weighted by Crippen LogP contribution is 2.24. The number of pyridine rings is 1. The zero-order chi connectivity index (χ0) is 24.9. The van der Waals surface area contributed by atoms with E-state index in [1.165, 1.54) is 0 Å². The van der Waals surface area contributed by atoms with Crippen LogP contribution < -0.4 is 21.7 Å². The van der Waals surface area contributed by atoms with Gasteiger partial charge < -0.3 is 21.1 Å². The first-order chi connectivity index (χ1) is 17.5. The van der Waals surface area contributed by atoms with Gasteiger partial charge in [0.25, 0.3) is 0 Å². The van der Waals surface area contributed by atoms with Crippen LogP contribution in [0.4, 0.5) is 22.0 Å². The lowest BCUT2D eigenvalue weighted by molar-refractivity contribution is -0.122. The molecule has 0 saturated heterocycles. The second kappa shape index (κ2) is 10.4. The van der Waals surface area contributed by atoms with E-state index in [1.807, 2.05) is 66.7 Å². The maximum atomic E-state index is 13.4. The quantitative estimate of drug-likeness (QED) is 0.344. The van der Waals surface area contributed by atoms with E-state index in [9.17, 15) is 9.59 Å².